The number of aromatic amines is 1. The normalized spacial score (nSPS) is 34.0. The Morgan fingerprint density at radius 3 is 3.04 bits per heavy atom. The van der Waals surface area contributed by atoms with Gasteiger partial charge in [0.05, 0.1) is 19.1 Å². The molecule has 0 amide bonds. The molecule has 1 aliphatic carbocycles. The molecule has 4 heteroatoms. The number of ether oxygens (including phenoxy) is 1. The lowest BCUT2D eigenvalue weighted by atomic mass is 9.58. The van der Waals surface area contributed by atoms with E-state index < -0.39 is 0 Å². The SMILES string of the molecule is COC(=O)[C@H]1CCC[C@@]2(C)CN3CCc4c([nH]c5ccccc45)[C@@H]3C[C@H]12. The van der Waals surface area contributed by atoms with Gasteiger partial charge in [-0.25, -0.2) is 0 Å². The van der Waals surface area contributed by atoms with Gasteiger partial charge in [0.25, 0.3) is 0 Å². The van der Waals surface area contributed by atoms with Gasteiger partial charge in [0.15, 0.2) is 0 Å². The molecule has 1 aromatic heterocycles. The molecule has 0 unspecified atom stereocenters. The first-order chi connectivity index (χ1) is 12.6. The van der Waals surface area contributed by atoms with Crippen molar-refractivity contribution in [3.63, 3.8) is 0 Å². The smallest absolute Gasteiger partial charge is 0.308 e. The summed E-state index contributed by atoms with van der Waals surface area (Å²) in [4.78, 5) is 18.9. The molecular formula is C22H28N2O2. The number of piperidine rings is 1. The largest absolute Gasteiger partial charge is 0.469 e. The van der Waals surface area contributed by atoms with E-state index in [-0.39, 0.29) is 17.3 Å². The minimum Gasteiger partial charge on any atom is -0.469 e. The van der Waals surface area contributed by atoms with Gasteiger partial charge >= 0.3 is 5.97 Å². The molecule has 0 radical (unpaired) electrons. The highest BCUT2D eigenvalue weighted by Crippen LogP contribution is 2.55. The molecule has 1 saturated carbocycles. The highest BCUT2D eigenvalue weighted by Gasteiger charge is 2.52. The molecule has 4 nitrogen and oxygen atoms in total. The molecule has 2 aliphatic heterocycles. The second-order valence-corrected chi connectivity index (χ2v) is 8.82. The minimum atomic E-state index is 0.00190. The number of H-pyrrole nitrogens is 1. The maximum Gasteiger partial charge on any atom is 0.308 e. The van der Waals surface area contributed by atoms with E-state index in [9.17, 15) is 4.79 Å². The maximum absolute atomic E-state index is 12.5. The van der Waals surface area contributed by atoms with Crippen LogP contribution in [-0.4, -0.2) is 36.1 Å². The van der Waals surface area contributed by atoms with Crippen LogP contribution >= 0.6 is 0 Å². The number of hydrogen-bond donors (Lipinski definition) is 1. The number of fused-ring (bicyclic) bond motifs is 6. The van der Waals surface area contributed by atoms with E-state index in [1.807, 2.05) is 0 Å². The number of para-hydroxylation sites is 1. The number of benzene rings is 1. The van der Waals surface area contributed by atoms with Crippen molar-refractivity contribution in [3.8, 4) is 0 Å². The molecule has 2 fully saturated rings. The summed E-state index contributed by atoms with van der Waals surface area (Å²) in [6.45, 7) is 4.64. The number of rotatable bonds is 1. The van der Waals surface area contributed by atoms with E-state index in [0.717, 1.165) is 38.8 Å². The fourth-order valence-corrected chi connectivity index (χ4v) is 6.21. The number of aromatic nitrogens is 1. The van der Waals surface area contributed by atoms with E-state index in [2.05, 4.69) is 41.1 Å². The monoisotopic (exact) mass is 352 g/mol. The Balaban J connectivity index is 1.55. The molecule has 3 heterocycles. The Kier molecular flexibility index (Phi) is 3.68. The highest BCUT2D eigenvalue weighted by molar-refractivity contribution is 5.85. The first-order valence-electron chi connectivity index (χ1n) is 10.0. The van der Waals surface area contributed by atoms with Crippen LogP contribution in [0, 0.1) is 17.3 Å². The highest BCUT2D eigenvalue weighted by atomic mass is 16.5. The number of methoxy groups -OCH3 is 1. The quantitative estimate of drug-likeness (QED) is 0.787. The molecule has 5 rings (SSSR count). The lowest BCUT2D eigenvalue weighted by molar-refractivity contribution is -0.156. The Bertz CT molecular complexity index is 857. The van der Waals surface area contributed by atoms with Crippen LogP contribution in [0.25, 0.3) is 10.9 Å². The van der Waals surface area contributed by atoms with Crippen molar-refractivity contribution in [1.82, 2.24) is 9.88 Å². The molecular weight excluding hydrogens is 324 g/mol. The van der Waals surface area contributed by atoms with Crippen molar-refractivity contribution in [3.05, 3.63) is 35.5 Å². The zero-order valence-corrected chi connectivity index (χ0v) is 15.8. The molecule has 2 aromatic rings. The second-order valence-electron chi connectivity index (χ2n) is 8.82. The number of carbonyl (C=O) groups is 1. The zero-order valence-electron chi connectivity index (χ0n) is 15.8. The van der Waals surface area contributed by atoms with Crippen LogP contribution in [0.4, 0.5) is 0 Å². The van der Waals surface area contributed by atoms with Crippen molar-refractivity contribution in [1.29, 1.82) is 0 Å². The van der Waals surface area contributed by atoms with E-state index in [1.165, 1.54) is 28.6 Å². The van der Waals surface area contributed by atoms with Crippen LogP contribution in [-0.2, 0) is 16.0 Å². The standard InChI is InChI=1S/C22H28N2O2/c1-22-10-5-7-16(21(25)26-2)17(22)12-19-20-15(9-11-24(19)13-22)14-6-3-4-8-18(14)23-20/h3-4,6,8,16-17,19,23H,5,7,9-13H2,1-2H3/t16-,17+,19-,22-/m0/s1. The zero-order chi connectivity index (χ0) is 17.9. The lowest BCUT2D eigenvalue weighted by Gasteiger charge is -2.55. The van der Waals surface area contributed by atoms with Gasteiger partial charge in [-0.1, -0.05) is 31.5 Å². The summed E-state index contributed by atoms with van der Waals surface area (Å²) in [5, 5.41) is 1.38. The fraction of sp³-hybridized carbons (Fsp3) is 0.591. The fourth-order valence-electron chi connectivity index (χ4n) is 6.21. The van der Waals surface area contributed by atoms with Crippen LogP contribution in [0.15, 0.2) is 24.3 Å². The van der Waals surface area contributed by atoms with Crippen molar-refractivity contribution in [2.24, 2.45) is 17.3 Å². The van der Waals surface area contributed by atoms with E-state index >= 15 is 0 Å². The third-order valence-electron chi connectivity index (χ3n) is 7.46. The summed E-state index contributed by atoms with van der Waals surface area (Å²) >= 11 is 0. The van der Waals surface area contributed by atoms with Gasteiger partial charge in [0.2, 0.25) is 0 Å². The Hall–Kier alpha value is -1.81. The van der Waals surface area contributed by atoms with E-state index in [1.54, 1.807) is 7.11 Å². The molecule has 0 bridgehead atoms. The van der Waals surface area contributed by atoms with Crippen LogP contribution in [0.1, 0.15) is 49.9 Å². The second kappa shape index (κ2) is 5.85. The summed E-state index contributed by atoms with van der Waals surface area (Å²) < 4.78 is 5.18. The minimum absolute atomic E-state index is 0.00190. The van der Waals surface area contributed by atoms with Crippen LogP contribution in [0.5, 0.6) is 0 Å². The third-order valence-corrected chi connectivity index (χ3v) is 7.46. The van der Waals surface area contributed by atoms with Gasteiger partial charge in [0.1, 0.15) is 0 Å². The summed E-state index contributed by atoms with van der Waals surface area (Å²) in [6.07, 6.45) is 5.54. The molecule has 1 N–H and O–H groups in total. The number of esters is 1. The Morgan fingerprint density at radius 1 is 1.35 bits per heavy atom. The maximum atomic E-state index is 12.5. The number of carbonyl (C=O) groups excluding carboxylic acids is 1. The molecule has 0 spiro atoms. The van der Waals surface area contributed by atoms with Crippen molar-refractivity contribution in [2.45, 2.75) is 45.1 Å². The lowest BCUT2D eigenvalue weighted by Crippen LogP contribution is -2.55. The summed E-state index contributed by atoms with van der Waals surface area (Å²) in [5.74, 6) is 0.486. The molecule has 4 atom stereocenters. The summed E-state index contributed by atoms with van der Waals surface area (Å²) in [5.41, 5.74) is 4.38. The van der Waals surface area contributed by atoms with Gasteiger partial charge < -0.3 is 9.72 Å². The van der Waals surface area contributed by atoms with Crippen LogP contribution in [0.2, 0.25) is 0 Å². The number of nitrogens with zero attached hydrogens (tertiary/aromatic N) is 1. The Labute approximate surface area is 154 Å². The van der Waals surface area contributed by atoms with Crippen LogP contribution < -0.4 is 0 Å². The predicted octanol–water partition coefficient (Wildman–Crippen LogP) is 4.07. The third kappa shape index (κ3) is 2.27. The first kappa shape index (κ1) is 16.4. The predicted molar refractivity (Wildman–Crippen MR) is 102 cm³/mol. The Morgan fingerprint density at radius 2 is 2.19 bits per heavy atom. The van der Waals surface area contributed by atoms with Crippen molar-refractivity contribution >= 4 is 16.9 Å². The van der Waals surface area contributed by atoms with Gasteiger partial charge in [0, 0.05) is 29.7 Å². The number of hydrogen-bond acceptors (Lipinski definition) is 3. The van der Waals surface area contributed by atoms with Crippen molar-refractivity contribution < 1.29 is 9.53 Å². The van der Waals surface area contributed by atoms with Crippen LogP contribution in [0.3, 0.4) is 0 Å². The number of nitrogens with one attached hydrogen (secondary N) is 1. The van der Waals surface area contributed by atoms with E-state index in [4.69, 9.17) is 4.74 Å². The van der Waals surface area contributed by atoms with Gasteiger partial charge in [-0.2, -0.15) is 0 Å². The average Bonchev–Trinajstić information content (AvgIpc) is 3.04. The van der Waals surface area contributed by atoms with Crippen molar-refractivity contribution in [2.75, 3.05) is 20.2 Å². The van der Waals surface area contributed by atoms with E-state index in [0.29, 0.717) is 12.0 Å². The van der Waals surface area contributed by atoms with Gasteiger partial charge in [-0.3, -0.25) is 9.69 Å². The topological polar surface area (TPSA) is 45.3 Å². The first-order valence-corrected chi connectivity index (χ1v) is 10.0. The summed E-state index contributed by atoms with van der Waals surface area (Å²) in [6, 6.07) is 9.08. The van der Waals surface area contributed by atoms with Gasteiger partial charge in [-0.05, 0) is 48.6 Å². The molecule has 3 aliphatic rings. The molecule has 26 heavy (non-hydrogen) atoms. The molecule has 1 aromatic carbocycles. The molecule has 138 valence electrons. The summed E-state index contributed by atoms with van der Waals surface area (Å²) in [7, 11) is 1.54. The molecule has 1 saturated heterocycles. The average molecular weight is 352 g/mol. The van der Waals surface area contributed by atoms with Gasteiger partial charge in [-0.15, -0.1) is 0 Å².